The van der Waals surface area contributed by atoms with E-state index in [0.29, 0.717) is 6.42 Å². The van der Waals surface area contributed by atoms with Gasteiger partial charge in [0.25, 0.3) is 5.91 Å². The molecule has 0 saturated carbocycles. The number of amides is 2. The fourth-order valence-electron chi connectivity index (χ4n) is 1.21. The van der Waals surface area contributed by atoms with Crippen LogP contribution >= 0.6 is 0 Å². The first-order chi connectivity index (χ1) is 7.71. The molecule has 0 aromatic rings. The lowest BCUT2D eigenvalue weighted by Gasteiger charge is -2.25. The first kappa shape index (κ1) is 15.7. The van der Waals surface area contributed by atoms with E-state index in [9.17, 15) is 9.59 Å². The van der Waals surface area contributed by atoms with Crippen molar-refractivity contribution in [1.82, 2.24) is 10.8 Å². The van der Waals surface area contributed by atoms with Gasteiger partial charge in [-0.2, -0.15) is 0 Å². The van der Waals surface area contributed by atoms with Gasteiger partial charge in [-0.3, -0.25) is 10.0 Å². The van der Waals surface area contributed by atoms with Crippen LogP contribution in [0.1, 0.15) is 41.0 Å². The van der Waals surface area contributed by atoms with Crippen LogP contribution in [0.5, 0.6) is 0 Å². The van der Waals surface area contributed by atoms with Crippen molar-refractivity contribution < 1.29 is 19.5 Å². The number of hydrogen-bond donors (Lipinski definition) is 3. The molecule has 0 saturated heterocycles. The summed E-state index contributed by atoms with van der Waals surface area (Å²) in [6.45, 7) is 8.89. The van der Waals surface area contributed by atoms with E-state index in [1.54, 1.807) is 27.7 Å². The third kappa shape index (κ3) is 6.11. The number of hydroxylamine groups is 1. The van der Waals surface area contributed by atoms with Gasteiger partial charge in [0.15, 0.2) is 0 Å². The lowest BCUT2D eigenvalue weighted by Crippen LogP contribution is -2.50. The number of hydrogen-bond acceptors (Lipinski definition) is 4. The van der Waals surface area contributed by atoms with E-state index < -0.39 is 23.6 Å². The highest BCUT2D eigenvalue weighted by Crippen LogP contribution is 2.11. The van der Waals surface area contributed by atoms with Crippen LogP contribution in [0, 0.1) is 5.92 Å². The van der Waals surface area contributed by atoms with Crippen molar-refractivity contribution in [3.8, 4) is 0 Å². The minimum absolute atomic E-state index is 0.102. The minimum atomic E-state index is -0.806. The summed E-state index contributed by atoms with van der Waals surface area (Å²) in [5.41, 5.74) is 0.914. The van der Waals surface area contributed by atoms with Gasteiger partial charge in [-0.05, 0) is 26.7 Å². The van der Waals surface area contributed by atoms with Crippen LogP contribution in [-0.4, -0.2) is 28.9 Å². The largest absolute Gasteiger partial charge is 0.444 e. The lowest BCUT2D eigenvalue weighted by atomic mass is 9.99. The van der Waals surface area contributed by atoms with E-state index in [2.05, 4.69) is 5.32 Å². The predicted octanol–water partition coefficient (Wildman–Crippen LogP) is 1.43. The Morgan fingerprint density at radius 2 is 1.88 bits per heavy atom. The topological polar surface area (TPSA) is 87.7 Å². The Kier molecular flexibility index (Phi) is 5.95. The highest BCUT2D eigenvalue weighted by Gasteiger charge is 2.27. The maximum absolute atomic E-state index is 11.5. The summed E-state index contributed by atoms with van der Waals surface area (Å²) < 4.78 is 5.05. The maximum atomic E-state index is 11.5. The Bertz CT molecular complexity index is 273. The van der Waals surface area contributed by atoms with E-state index in [4.69, 9.17) is 9.94 Å². The predicted molar refractivity (Wildman–Crippen MR) is 62.5 cm³/mol. The molecule has 2 unspecified atom stereocenters. The van der Waals surface area contributed by atoms with E-state index in [1.807, 2.05) is 6.92 Å². The van der Waals surface area contributed by atoms with Crippen LogP contribution < -0.4 is 10.8 Å². The van der Waals surface area contributed by atoms with Crippen LogP contribution in [0.15, 0.2) is 0 Å². The fraction of sp³-hybridized carbons (Fsp3) is 0.818. The van der Waals surface area contributed by atoms with Crippen molar-refractivity contribution in [3.63, 3.8) is 0 Å². The molecular weight excluding hydrogens is 224 g/mol. The zero-order valence-corrected chi connectivity index (χ0v) is 11.0. The molecular formula is C11H22N2O4. The van der Waals surface area contributed by atoms with Gasteiger partial charge in [-0.1, -0.05) is 20.3 Å². The molecule has 0 rings (SSSR count). The highest BCUT2D eigenvalue weighted by molar-refractivity contribution is 5.85. The zero-order valence-electron chi connectivity index (χ0n) is 11.0. The molecule has 0 aromatic carbocycles. The molecule has 2 amide bonds. The Hall–Kier alpha value is -1.30. The van der Waals surface area contributed by atoms with Crippen molar-refractivity contribution in [2.75, 3.05) is 0 Å². The van der Waals surface area contributed by atoms with Crippen LogP contribution in [-0.2, 0) is 9.53 Å². The third-order valence-corrected chi connectivity index (χ3v) is 2.28. The van der Waals surface area contributed by atoms with E-state index in [0.717, 1.165) is 0 Å². The molecule has 0 aliphatic carbocycles. The Morgan fingerprint density at radius 1 is 1.35 bits per heavy atom. The summed E-state index contributed by atoms with van der Waals surface area (Å²) in [4.78, 5) is 22.9. The molecule has 17 heavy (non-hydrogen) atoms. The fourth-order valence-corrected chi connectivity index (χ4v) is 1.21. The molecule has 100 valence electrons. The minimum Gasteiger partial charge on any atom is -0.444 e. The molecule has 2 atom stereocenters. The first-order valence-electron chi connectivity index (χ1n) is 5.64. The second kappa shape index (κ2) is 6.44. The van der Waals surface area contributed by atoms with E-state index in [-0.39, 0.29) is 5.92 Å². The maximum Gasteiger partial charge on any atom is 0.408 e. The SMILES string of the molecule is CCC(C)C(NC(=O)OC(C)(C)C)C(=O)NO. The number of carbonyl (C=O) groups excluding carboxylic acids is 2. The molecule has 0 bridgehead atoms. The normalized spacial score (nSPS) is 14.7. The quantitative estimate of drug-likeness (QED) is 0.517. The molecule has 6 heteroatoms. The first-order valence-corrected chi connectivity index (χ1v) is 5.64. The molecule has 0 radical (unpaired) electrons. The summed E-state index contributed by atoms with van der Waals surface area (Å²) in [6.07, 6.45) is 0.0137. The van der Waals surface area contributed by atoms with Gasteiger partial charge >= 0.3 is 6.09 Å². The van der Waals surface area contributed by atoms with Crippen molar-refractivity contribution in [1.29, 1.82) is 0 Å². The Balaban J connectivity index is 4.54. The number of alkyl carbamates (subject to hydrolysis) is 1. The van der Waals surface area contributed by atoms with Gasteiger partial charge in [0.05, 0.1) is 0 Å². The smallest absolute Gasteiger partial charge is 0.408 e. The third-order valence-electron chi connectivity index (χ3n) is 2.28. The van der Waals surface area contributed by atoms with Crippen LogP contribution in [0.25, 0.3) is 0 Å². The average Bonchev–Trinajstić information content (AvgIpc) is 2.21. The Labute approximate surface area is 102 Å². The summed E-state index contributed by atoms with van der Waals surface area (Å²) in [6, 6.07) is -0.806. The number of rotatable bonds is 4. The Morgan fingerprint density at radius 3 is 2.24 bits per heavy atom. The molecule has 0 heterocycles. The van der Waals surface area contributed by atoms with Gasteiger partial charge in [-0.25, -0.2) is 10.3 Å². The summed E-state index contributed by atoms with van der Waals surface area (Å²) >= 11 is 0. The van der Waals surface area contributed by atoms with Gasteiger partial charge in [0.2, 0.25) is 0 Å². The molecule has 6 nitrogen and oxygen atoms in total. The highest BCUT2D eigenvalue weighted by atomic mass is 16.6. The number of carbonyl (C=O) groups is 2. The molecule has 0 spiro atoms. The average molecular weight is 246 g/mol. The van der Waals surface area contributed by atoms with Crippen LogP contribution in [0.3, 0.4) is 0 Å². The summed E-state index contributed by atoms with van der Waals surface area (Å²) in [7, 11) is 0. The second-order valence-electron chi connectivity index (χ2n) is 4.99. The van der Waals surface area contributed by atoms with Gasteiger partial charge < -0.3 is 10.1 Å². The molecule has 0 fully saturated rings. The van der Waals surface area contributed by atoms with Crippen molar-refractivity contribution in [2.45, 2.75) is 52.7 Å². The van der Waals surface area contributed by atoms with Gasteiger partial charge in [0.1, 0.15) is 11.6 Å². The lowest BCUT2D eigenvalue weighted by molar-refractivity contribution is -0.132. The molecule has 0 aliphatic heterocycles. The van der Waals surface area contributed by atoms with Crippen LogP contribution in [0.4, 0.5) is 4.79 Å². The van der Waals surface area contributed by atoms with E-state index >= 15 is 0 Å². The zero-order chi connectivity index (χ0) is 13.6. The monoisotopic (exact) mass is 246 g/mol. The van der Waals surface area contributed by atoms with Crippen molar-refractivity contribution in [2.24, 2.45) is 5.92 Å². The summed E-state index contributed by atoms with van der Waals surface area (Å²) in [5.74, 6) is -0.750. The summed E-state index contributed by atoms with van der Waals surface area (Å²) in [5, 5.41) is 11.0. The molecule has 3 N–H and O–H groups in total. The molecule has 0 aliphatic rings. The standard InChI is InChI=1S/C11H22N2O4/c1-6-7(2)8(9(14)13-16)12-10(15)17-11(3,4)5/h7-8,16H,6H2,1-5H3,(H,12,15)(H,13,14). The van der Waals surface area contributed by atoms with Gasteiger partial charge in [0, 0.05) is 0 Å². The number of ether oxygens (including phenoxy) is 1. The van der Waals surface area contributed by atoms with Gasteiger partial charge in [-0.15, -0.1) is 0 Å². The van der Waals surface area contributed by atoms with Crippen LogP contribution in [0.2, 0.25) is 0 Å². The van der Waals surface area contributed by atoms with E-state index in [1.165, 1.54) is 5.48 Å². The molecule has 0 aromatic heterocycles. The second-order valence-corrected chi connectivity index (χ2v) is 4.99. The van der Waals surface area contributed by atoms with Crippen molar-refractivity contribution >= 4 is 12.0 Å². The number of nitrogens with one attached hydrogen (secondary N) is 2. The van der Waals surface area contributed by atoms with Crippen molar-refractivity contribution in [3.05, 3.63) is 0 Å².